The summed E-state index contributed by atoms with van der Waals surface area (Å²) in [5.41, 5.74) is 2.20. The molecule has 7 heteroatoms. The molecule has 0 aliphatic carbocycles. The van der Waals surface area contributed by atoms with Crippen LogP contribution in [0.2, 0.25) is 0 Å². The van der Waals surface area contributed by atoms with Crippen LogP contribution in [0.5, 0.6) is 5.75 Å². The van der Waals surface area contributed by atoms with Crippen LogP contribution in [0, 0.1) is 0 Å². The second-order valence-electron chi connectivity index (χ2n) is 8.61. The molecule has 164 valence electrons. The summed E-state index contributed by atoms with van der Waals surface area (Å²) >= 11 is 0. The number of methoxy groups -OCH3 is 1. The number of nitrogens with zero attached hydrogens (tertiary/aromatic N) is 1. The highest BCUT2D eigenvalue weighted by Gasteiger charge is 2.35. The molecular formula is C24H29N3O4. The Kier molecular flexibility index (Phi) is 6.63. The zero-order valence-corrected chi connectivity index (χ0v) is 18.4. The molecule has 1 fully saturated rings. The molecular weight excluding hydrogens is 394 g/mol. The van der Waals surface area contributed by atoms with E-state index in [9.17, 15) is 14.4 Å². The Morgan fingerprint density at radius 1 is 1.10 bits per heavy atom. The summed E-state index contributed by atoms with van der Waals surface area (Å²) in [7, 11) is 1.57. The van der Waals surface area contributed by atoms with E-state index >= 15 is 0 Å². The fourth-order valence-corrected chi connectivity index (χ4v) is 3.50. The minimum absolute atomic E-state index is 0.0192. The number of ether oxygens (including phenoxy) is 1. The van der Waals surface area contributed by atoms with E-state index in [0.29, 0.717) is 30.1 Å². The van der Waals surface area contributed by atoms with Crippen molar-refractivity contribution in [2.45, 2.75) is 38.6 Å². The third-order valence-electron chi connectivity index (χ3n) is 5.34. The first-order valence-electron chi connectivity index (χ1n) is 10.3. The van der Waals surface area contributed by atoms with Gasteiger partial charge in [-0.05, 0) is 47.4 Å². The molecule has 3 amide bonds. The molecule has 0 aromatic heterocycles. The molecule has 0 saturated carbocycles. The fourth-order valence-electron chi connectivity index (χ4n) is 3.50. The Morgan fingerprint density at radius 2 is 1.74 bits per heavy atom. The number of carbonyl (C=O) groups is 3. The van der Waals surface area contributed by atoms with Gasteiger partial charge < -0.3 is 20.3 Å². The predicted molar refractivity (Wildman–Crippen MR) is 119 cm³/mol. The Hall–Kier alpha value is -3.35. The van der Waals surface area contributed by atoms with E-state index in [1.165, 1.54) is 4.90 Å². The Bertz CT molecular complexity index is 946. The number of nitrogens with one attached hydrogen (secondary N) is 2. The third-order valence-corrected chi connectivity index (χ3v) is 5.34. The normalized spacial score (nSPS) is 16.5. The highest BCUT2D eigenvalue weighted by Crippen LogP contribution is 2.23. The maximum absolute atomic E-state index is 13.1. The molecule has 1 atom stereocenters. The van der Waals surface area contributed by atoms with Gasteiger partial charge >= 0.3 is 0 Å². The van der Waals surface area contributed by atoms with Gasteiger partial charge in [0.05, 0.1) is 13.5 Å². The molecule has 3 rings (SSSR count). The van der Waals surface area contributed by atoms with E-state index in [2.05, 4.69) is 31.4 Å². The molecule has 1 saturated heterocycles. The zero-order chi connectivity index (χ0) is 22.6. The molecule has 1 aliphatic heterocycles. The monoisotopic (exact) mass is 423 g/mol. The van der Waals surface area contributed by atoms with Crippen molar-refractivity contribution in [1.29, 1.82) is 0 Å². The highest BCUT2D eigenvalue weighted by atomic mass is 16.5. The number of carbonyl (C=O) groups excluding carboxylic acids is 3. The van der Waals surface area contributed by atoms with Crippen LogP contribution in [-0.4, -0.2) is 48.9 Å². The summed E-state index contributed by atoms with van der Waals surface area (Å²) in [6, 6.07) is 13.5. The lowest BCUT2D eigenvalue weighted by Crippen LogP contribution is -2.58. The van der Waals surface area contributed by atoms with Gasteiger partial charge in [0.2, 0.25) is 11.8 Å². The molecule has 31 heavy (non-hydrogen) atoms. The first kappa shape index (κ1) is 22.3. The smallest absolute Gasteiger partial charge is 0.254 e. The van der Waals surface area contributed by atoms with Crippen LogP contribution in [0.15, 0.2) is 48.5 Å². The second kappa shape index (κ2) is 9.20. The highest BCUT2D eigenvalue weighted by molar-refractivity contribution is 6.01. The van der Waals surface area contributed by atoms with Gasteiger partial charge in [-0.1, -0.05) is 32.9 Å². The van der Waals surface area contributed by atoms with Crippen molar-refractivity contribution in [3.05, 3.63) is 59.7 Å². The SMILES string of the molecule is COc1ccc(NC(=O)C[C@H]2C(=O)NCCN2C(=O)c2ccc(C(C)(C)C)cc2)cc1. The topological polar surface area (TPSA) is 87.7 Å². The zero-order valence-electron chi connectivity index (χ0n) is 18.4. The van der Waals surface area contributed by atoms with E-state index in [1.807, 2.05) is 12.1 Å². The van der Waals surface area contributed by atoms with Crippen molar-refractivity contribution >= 4 is 23.4 Å². The van der Waals surface area contributed by atoms with Crippen LogP contribution in [0.3, 0.4) is 0 Å². The first-order chi connectivity index (χ1) is 14.7. The lowest BCUT2D eigenvalue weighted by Gasteiger charge is -2.35. The molecule has 0 radical (unpaired) electrons. The molecule has 1 aliphatic rings. The number of rotatable bonds is 5. The average Bonchev–Trinajstić information content (AvgIpc) is 2.74. The summed E-state index contributed by atoms with van der Waals surface area (Å²) in [6.07, 6.45) is -0.121. The summed E-state index contributed by atoms with van der Waals surface area (Å²) in [5.74, 6) is -0.236. The molecule has 2 aromatic rings. The van der Waals surface area contributed by atoms with Crippen LogP contribution in [0.4, 0.5) is 5.69 Å². The quantitative estimate of drug-likeness (QED) is 0.774. The van der Waals surface area contributed by atoms with E-state index in [4.69, 9.17) is 4.74 Å². The number of hydrogen-bond acceptors (Lipinski definition) is 4. The summed E-state index contributed by atoms with van der Waals surface area (Å²) in [4.78, 5) is 39.7. The van der Waals surface area contributed by atoms with E-state index in [1.54, 1.807) is 43.5 Å². The van der Waals surface area contributed by atoms with Crippen LogP contribution < -0.4 is 15.4 Å². The first-order valence-corrected chi connectivity index (χ1v) is 10.3. The van der Waals surface area contributed by atoms with E-state index in [0.717, 1.165) is 5.56 Å². The number of hydrogen-bond donors (Lipinski definition) is 2. The summed E-state index contributed by atoms with van der Waals surface area (Å²) in [6.45, 7) is 7.04. The number of piperazine rings is 1. The predicted octanol–water partition coefficient (Wildman–Crippen LogP) is 2.96. The van der Waals surface area contributed by atoms with Crippen molar-refractivity contribution in [3.63, 3.8) is 0 Å². The van der Waals surface area contributed by atoms with Gasteiger partial charge in [-0.15, -0.1) is 0 Å². The van der Waals surface area contributed by atoms with Crippen LogP contribution >= 0.6 is 0 Å². The van der Waals surface area contributed by atoms with Crippen molar-refractivity contribution < 1.29 is 19.1 Å². The van der Waals surface area contributed by atoms with Gasteiger partial charge in [-0.3, -0.25) is 14.4 Å². The second-order valence-corrected chi connectivity index (χ2v) is 8.61. The minimum Gasteiger partial charge on any atom is -0.497 e. The van der Waals surface area contributed by atoms with Gasteiger partial charge in [-0.25, -0.2) is 0 Å². The molecule has 7 nitrogen and oxygen atoms in total. The van der Waals surface area contributed by atoms with Crippen LogP contribution in [-0.2, 0) is 15.0 Å². The number of amides is 3. The molecule has 0 bridgehead atoms. The minimum atomic E-state index is -0.859. The maximum Gasteiger partial charge on any atom is 0.254 e. The van der Waals surface area contributed by atoms with Gasteiger partial charge in [0.25, 0.3) is 5.91 Å². The average molecular weight is 424 g/mol. The van der Waals surface area contributed by atoms with Gasteiger partial charge in [0.1, 0.15) is 11.8 Å². The molecule has 1 heterocycles. The molecule has 2 N–H and O–H groups in total. The fraction of sp³-hybridized carbons (Fsp3) is 0.375. The van der Waals surface area contributed by atoms with Crippen LogP contribution in [0.25, 0.3) is 0 Å². The van der Waals surface area contributed by atoms with Crippen molar-refractivity contribution in [2.75, 3.05) is 25.5 Å². The van der Waals surface area contributed by atoms with Crippen LogP contribution in [0.1, 0.15) is 43.1 Å². The Morgan fingerprint density at radius 3 is 2.32 bits per heavy atom. The van der Waals surface area contributed by atoms with Gasteiger partial charge in [0, 0.05) is 24.3 Å². The van der Waals surface area contributed by atoms with Crippen molar-refractivity contribution in [2.24, 2.45) is 0 Å². The molecule has 0 spiro atoms. The third kappa shape index (κ3) is 5.42. The Labute approximate surface area is 182 Å². The van der Waals surface area contributed by atoms with Crippen molar-refractivity contribution in [3.8, 4) is 5.75 Å². The standard InChI is InChI=1S/C24H29N3O4/c1-24(2,3)17-7-5-16(6-8-17)23(30)27-14-13-25-22(29)20(27)15-21(28)26-18-9-11-19(31-4)12-10-18/h5-12,20H,13-15H2,1-4H3,(H,25,29)(H,26,28)/t20-/m0/s1. The maximum atomic E-state index is 13.1. The number of benzene rings is 2. The largest absolute Gasteiger partial charge is 0.497 e. The summed E-state index contributed by atoms with van der Waals surface area (Å²) < 4.78 is 5.11. The van der Waals surface area contributed by atoms with Gasteiger partial charge in [0.15, 0.2) is 0 Å². The molecule has 0 unspecified atom stereocenters. The van der Waals surface area contributed by atoms with E-state index in [-0.39, 0.29) is 29.6 Å². The summed E-state index contributed by atoms with van der Waals surface area (Å²) in [5, 5.41) is 5.52. The van der Waals surface area contributed by atoms with E-state index < -0.39 is 6.04 Å². The Balaban J connectivity index is 1.72. The van der Waals surface area contributed by atoms with Gasteiger partial charge in [-0.2, -0.15) is 0 Å². The molecule has 2 aromatic carbocycles. The lowest BCUT2D eigenvalue weighted by molar-refractivity contribution is -0.131. The van der Waals surface area contributed by atoms with Crippen molar-refractivity contribution in [1.82, 2.24) is 10.2 Å². The lowest BCUT2D eigenvalue weighted by atomic mass is 9.86. The number of anilines is 1.